The standard InChI is InChI=1S/C30H40N4O6/c1-22-6-10-26(11-7-22)40-21-30(38)19-32(15-16-33(20-30)23(2)35)18-24-8-12-25(13-9-24)39-17-5-14-34-27(36)29(3,4)31-28(34)37/h6-13,38H,5,14-21H2,1-4H3,(H,31,37)/t30-/m0/s1. The van der Waals surface area contributed by atoms with E-state index in [4.69, 9.17) is 9.47 Å². The molecule has 40 heavy (non-hydrogen) atoms. The van der Waals surface area contributed by atoms with Crippen LogP contribution in [0.2, 0.25) is 0 Å². The number of aliphatic hydroxyl groups is 1. The summed E-state index contributed by atoms with van der Waals surface area (Å²) in [4.78, 5) is 41.5. The molecule has 2 saturated heterocycles. The fraction of sp³-hybridized carbons (Fsp3) is 0.500. The highest BCUT2D eigenvalue weighted by Gasteiger charge is 2.43. The minimum atomic E-state index is -1.22. The molecule has 2 N–H and O–H groups in total. The number of nitrogens with one attached hydrogen (secondary N) is 1. The van der Waals surface area contributed by atoms with Crippen LogP contribution in [0.4, 0.5) is 4.79 Å². The minimum Gasteiger partial charge on any atom is -0.494 e. The van der Waals surface area contributed by atoms with E-state index in [1.807, 2.05) is 55.5 Å². The van der Waals surface area contributed by atoms with Gasteiger partial charge in [-0.05, 0) is 57.0 Å². The second-order valence-electron chi connectivity index (χ2n) is 11.3. The molecule has 2 aliphatic heterocycles. The number of urea groups is 1. The Kier molecular flexibility index (Phi) is 9.00. The Labute approximate surface area is 235 Å². The lowest BCUT2D eigenvalue weighted by Gasteiger charge is -2.32. The molecular formula is C30H40N4O6. The summed E-state index contributed by atoms with van der Waals surface area (Å²) in [6.07, 6.45) is 0.528. The van der Waals surface area contributed by atoms with Crippen LogP contribution >= 0.6 is 0 Å². The molecule has 0 unspecified atom stereocenters. The Morgan fingerprint density at radius 3 is 2.25 bits per heavy atom. The minimum absolute atomic E-state index is 0.0736. The van der Waals surface area contributed by atoms with Crippen LogP contribution in [0.15, 0.2) is 48.5 Å². The average Bonchev–Trinajstić information content (AvgIpc) is 3.01. The predicted octanol–water partition coefficient (Wildman–Crippen LogP) is 2.57. The van der Waals surface area contributed by atoms with E-state index in [-0.39, 0.29) is 31.0 Å². The largest absolute Gasteiger partial charge is 0.494 e. The van der Waals surface area contributed by atoms with Gasteiger partial charge in [-0.25, -0.2) is 4.79 Å². The highest BCUT2D eigenvalue weighted by Crippen LogP contribution is 2.22. The maximum atomic E-state index is 12.3. The molecule has 10 heteroatoms. The molecule has 2 aromatic rings. The van der Waals surface area contributed by atoms with Crippen LogP contribution in [-0.2, 0) is 16.1 Å². The number of amides is 4. The number of nitrogens with zero attached hydrogens (tertiary/aromatic N) is 3. The zero-order valence-corrected chi connectivity index (χ0v) is 23.8. The van der Waals surface area contributed by atoms with Crippen LogP contribution in [0.25, 0.3) is 0 Å². The number of hydrogen-bond donors (Lipinski definition) is 2. The number of imide groups is 1. The monoisotopic (exact) mass is 552 g/mol. The Hall–Kier alpha value is -3.63. The Morgan fingerprint density at radius 2 is 1.62 bits per heavy atom. The van der Waals surface area contributed by atoms with Crippen molar-refractivity contribution in [1.82, 2.24) is 20.0 Å². The smallest absolute Gasteiger partial charge is 0.325 e. The average molecular weight is 553 g/mol. The number of hydrogen-bond acceptors (Lipinski definition) is 7. The molecule has 2 fully saturated rings. The summed E-state index contributed by atoms with van der Waals surface area (Å²) in [5.41, 5.74) is 0.0865. The lowest BCUT2D eigenvalue weighted by molar-refractivity contribution is -0.132. The number of benzene rings is 2. The second kappa shape index (κ2) is 12.3. The number of ether oxygens (including phenoxy) is 2. The van der Waals surface area contributed by atoms with Gasteiger partial charge in [-0.3, -0.25) is 19.4 Å². The van der Waals surface area contributed by atoms with Gasteiger partial charge in [-0.2, -0.15) is 0 Å². The molecule has 0 aromatic heterocycles. The van der Waals surface area contributed by atoms with Crippen LogP contribution in [0.3, 0.4) is 0 Å². The summed E-state index contributed by atoms with van der Waals surface area (Å²) in [6, 6.07) is 15.0. The summed E-state index contributed by atoms with van der Waals surface area (Å²) >= 11 is 0. The van der Waals surface area contributed by atoms with E-state index >= 15 is 0 Å². The highest BCUT2D eigenvalue weighted by molar-refractivity contribution is 6.06. The summed E-state index contributed by atoms with van der Waals surface area (Å²) in [5.74, 6) is 1.08. The zero-order valence-electron chi connectivity index (χ0n) is 23.8. The third-order valence-electron chi connectivity index (χ3n) is 7.23. The first-order valence-corrected chi connectivity index (χ1v) is 13.7. The van der Waals surface area contributed by atoms with E-state index in [0.717, 1.165) is 11.1 Å². The van der Waals surface area contributed by atoms with Gasteiger partial charge in [0.1, 0.15) is 29.2 Å². The van der Waals surface area contributed by atoms with Gasteiger partial charge in [0.15, 0.2) is 0 Å². The number of carbonyl (C=O) groups is 3. The fourth-order valence-corrected chi connectivity index (χ4v) is 4.97. The molecule has 216 valence electrons. The van der Waals surface area contributed by atoms with E-state index in [9.17, 15) is 19.5 Å². The van der Waals surface area contributed by atoms with Crippen LogP contribution in [0, 0.1) is 6.92 Å². The second-order valence-corrected chi connectivity index (χ2v) is 11.3. The van der Waals surface area contributed by atoms with E-state index < -0.39 is 11.1 Å². The van der Waals surface area contributed by atoms with Gasteiger partial charge in [0.05, 0.1) is 13.2 Å². The van der Waals surface area contributed by atoms with Gasteiger partial charge < -0.3 is 24.8 Å². The lowest BCUT2D eigenvalue weighted by Crippen LogP contribution is -2.51. The summed E-state index contributed by atoms with van der Waals surface area (Å²) in [7, 11) is 0. The molecule has 2 aromatic carbocycles. The van der Waals surface area contributed by atoms with Gasteiger partial charge in [0.25, 0.3) is 5.91 Å². The molecule has 0 saturated carbocycles. The molecule has 10 nitrogen and oxygen atoms in total. The molecule has 2 heterocycles. The number of rotatable bonds is 10. The predicted molar refractivity (Wildman–Crippen MR) is 150 cm³/mol. The third-order valence-corrected chi connectivity index (χ3v) is 7.23. The van der Waals surface area contributed by atoms with Crippen molar-refractivity contribution in [1.29, 1.82) is 0 Å². The van der Waals surface area contributed by atoms with Crippen LogP contribution < -0.4 is 14.8 Å². The number of aryl methyl sites for hydroxylation is 1. The molecule has 4 rings (SSSR count). The van der Waals surface area contributed by atoms with Gasteiger partial charge in [0.2, 0.25) is 5.91 Å². The number of β-amino-alcohol motifs (C(OH)–C–C–N with tert-alkyl or cyclic N) is 1. The fourth-order valence-electron chi connectivity index (χ4n) is 4.97. The molecular weight excluding hydrogens is 512 g/mol. The van der Waals surface area contributed by atoms with Gasteiger partial charge in [-0.1, -0.05) is 29.8 Å². The SMILES string of the molecule is CC(=O)N1CCN(Cc2ccc(OCCCN3C(=O)NC(C)(C)C3=O)cc2)C[C@@](O)(COc2ccc(C)cc2)C1. The Bertz CT molecular complexity index is 1200. The quantitative estimate of drug-likeness (QED) is 0.344. The van der Waals surface area contributed by atoms with Crippen molar-refractivity contribution in [2.45, 2.75) is 51.8 Å². The first kappa shape index (κ1) is 29.4. The Balaban J connectivity index is 1.29. The van der Waals surface area contributed by atoms with Crippen molar-refractivity contribution >= 4 is 17.8 Å². The van der Waals surface area contributed by atoms with Crippen molar-refractivity contribution in [2.24, 2.45) is 0 Å². The van der Waals surface area contributed by atoms with Gasteiger partial charge in [-0.15, -0.1) is 0 Å². The first-order chi connectivity index (χ1) is 18.9. The maximum absolute atomic E-state index is 12.3. The van der Waals surface area contributed by atoms with E-state index in [1.165, 1.54) is 11.8 Å². The van der Waals surface area contributed by atoms with Crippen molar-refractivity contribution in [3.05, 3.63) is 59.7 Å². The molecule has 0 aliphatic carbocycles. The topological polar surface area (TPSA) is 112 Å². The maximum Gasteiger partial charge on any atom is 0.325 e. The lowest BCUT2D eigenvalue weighted by atomic mass is 10.0. The number of carbonyl (C=O) groups excluding carboxylic acids is 3. The molecule has 1 atom stereocenters. The summed E-state index contributed by atoms with van der Waals surface area (Å²) < 4.78 is 11.8. The first-order valence-electron chi connectivity index (χ1n) is 13.7. The zero-order chi connectivity index (χ0) is 28.9. The third kappa shape index (κ3) is 7.51. The Morgan fingerprint density at radius 1 is 0.975 bits per heavy atom. The van der Waals surface area contributed by atoms with E-state index in [0.29, 0.717) is 57.3 Å². The normalized spacial score (nSPS) is 21.2. The van der Waals surface area contributed by atoms with Crippen molar-refractivity contribution < 1.29 is 29.0 Å². The van der Waals surface area contributed by atoms with Gasteiger partial charge in [0, 0.05) is 39.6 Å². The van der Waals surface area contributed by atoms with Crippen molar-refractivity contribution in [2.75, 3.05) is 45.9 Å². The molecule has 2 aliphatic rings. The molecule has 4 amide bonds. The molecule has 0 radical (unpaired) electrons. The van der Waals surface area contributed by atoms with Crippen LogP contribution in [-0.4, -0.2) is 94.7 Å². The highest BCUT2D eigenvalue weighted by atomic mass is 16.5. The molecule has 0 bridgehead atoms. The van der Waals surface area contributed by atoms with Crippen molar-refractivity contribution in [3.8, 4) is 11.5 Å². The van der Waals surface area contributed by atoms with Gasteiger partial charge >= 0.3 is 6.03 Å². The van der Waals surface area contributed by atoms with Crippen molar-refractivity contribution in [3.63, 3.8) is 0 Å². The van der Waals surface area contributed by atoms with E-state index in [1.54, 1.807) is 18.7 Å². The van der Waals surface area contributed by atoms with Crippen LogP contribution in [0.1, 0.15) is 38.3 Å². The van der Waals surface area contributed by atoms with Crippen LogP contribution in [0.5, 0.6) is 11.5 Å². The molecule has 0 spiro atoms. The summed E-state index contributed by atoms with van der Waals surface area (Å²) in [6.45, 7) is 9.98. The summed E-state index contributed by atoms with van der Waals surface area (Å²) in [5, 5.41) is 14.2. The van der Waals surface area contributed by atoms with E-state index in [2.05, 4.69) is 10.2 Å².